The smallest absolute Gasteiger partial charge is 0.367 e. The number of piperazine rings is 1. The molecule has 0 radical (unpaired) electrons. The fraction of sp³-hybridized carbons (Fsp3) is 0.250. The molecular weight excluding hydrogens is 729 g/mol. The van der Waals surface area contributed by atoms with Crippen molar-refractivity contribution in [3.05, 3.63) is 88.3 Å². The van der Waals surface area contributed by atoms with Gasteiger partial charge in [-0.3, -0.25) is 14.6 Å². The number of carbonyl (C=O) groups is 3. The highest BCUT2D eigenvalue weighted by Gasteiger charge is 2.54. The van der Waals surface area contributed by atoms with Gasteiger partial charge in [-0.05, 0) is 60.4 Å². The standard InChI is InChI=1S/C28H26Cl2N8O.C4F6O2/c29-22-3-1-2-4-25(22)37-9-11-38(12-10-37)28(39)35-24-8-7-20-14-19(24)6-5-18-13-21(16-31-15-18)34-27-32-17-23(30)26(33-20)36-27;5-3(6,7)1(11)2(12)4(8,9)10/h1-4,7-8,13-17H,5-6,9-12H2,(H,35,39)(H2,32,33,34,36);. The van der Waals surface area contributed by atoms with E-state index in [4.69, 9.17) is 23.2 Å². The number of Topliss-reactive ketones (excluding diaryl/α,β-unsaturated/α-hetero) is 2. The first-order valence-corrected chi connectivity index (χ1v) is 15.8. The number of para-hydroxylation sites is 1. The molecule has 6 bridgehead atoms. The molecule has 2 aliphatic rings. The number of aryl methyl sites for hydroxylation is 2. The van der Waals surface area contributed by atoms with Gasteiger partial charge in [0.1, 0.15) is 5.02 Å². The number of pyridine rings is 1. The normalized spacial score (nSPS) is 14.3. The van der Waals surface area contributed by atoms with Gasteiger partial charge >= 0.3 is 30.0 Å². The first-order chi connectivity index (χ1) is 24.1. The molecule has 1 saturated heterocycles. The van der Waals surface area contributed by atoms with E-state index in [1.165, 1.54) is 0 Å². The zero-order chi connectivity index (χ0) is 36.9. The van der Waals surface area contributed by atoms with Gasteiger partial charge in [-0.25, -0.2) is 9.78 Å². The summed E-state index contributed by atoms with van der Waals surface area (Å²) in [5.41, 5.74) is 5.41. The number of benzene rings is 2. The third kappa shape index (κ3) is 9.55. The highest BCUT2D eigenvalue weighted by molar-refractivity contribution is 6.41. The molecule has 2 aromatic heterocycles. The van der Waals surface area contributed by atoms with Crippen LogP contribution in [-0.4, -0.2) is 76.0 Å². The second kappa shape index (κ2) is 15.4. The maximum atomic E-state index is 13.3. The number of fused-ring (bicyclic) bond motifs is 6. The summed E-state index contributed by atoms with van der Waals surface area (Å²) >= 11 is 12.8. The number of urea groups is 1. The molecule has 2 amide bonds. The fourth-order valence-electron chi connectivity index (χ4n) is 5.06. The van der Waals surface area contributed by atoms with E-state index in [1.54, 1.807) is 12.4 Å². The van der Waals surface area contributed by atoms with Gasteiger partial charge in [0.15, 0.2) is 5.82 Å². The second-order valence-electron chi connectivity index (χ2n) is 11.1. The summed E-state index contributed by atoms with van der Waals surface area (Å²) < 4.78 is 67.0. The van der Waals surface area contributed by atoms with Crippen molar-refractivity contribution in [2.45, 2.75) is 25.2 Å². The van der Waals surface area contributed by atoms with Crippen molar-refractivity contribution in [1.82, 2.24) is 19.9 Å². The number of carbonyl (C=O) groups excluding carboxylic acids is 3. The number of alkyl halides is 6. The van der Waals surface area contributed by atoms with Crippen LogP contribution in [0.1, 0.15) is 11.1 Å². The van der Waals surface area contributed by atoms with E-state index in [-0.39, 0.29) is 6.03 Å². The van der Waals surface area contributed by atoms with Crippen molar-refractivity contribution < 1.29 is 40.7 Å². The molecule has 19 heteroatoms. The van der Waals surface area contributed by atoms with E-state index in [0.717, 1.165) is 45.3 Å². The van der Waals surface area contributed by atoms with Crippen LogP contribution in [0.2, 0.25) is 10.0 Å². The molecule has 0 spiro atoms. The Balaban J connectivity index is 0.000000362. The van der Waals surface area contributed by atoms with Crippen LogP contribution in [-0.2, 0) is 22.4 Å². The molecule has 1 fully saturated rings. The lowest BCUT2D eigenvalue weighted by Gasteiger charge is -2.36. The zero-order valence-corrected chi connectivity index (χ0v) is 27.6. The third-order valence-corrected chi connectivity index (χ3v) is 8.17. The van der Waals surface area contributed by atoms with Crippen molar-refractivity contribution in [2.24, 2.45) is 0 Å². The third-order valence-electron chi connectivity index (χ3n) is 7.57. The summed E-state index contributed by atoms with van der Waals surface area (Å²) in [6.45, 7) is 2.63. The molecule has 11 nitrogen and oxygen atoms in total. The Labute approximate surface area is 296 Å². The Bertz CT molecular complexity index is 1910. The molecule has 0 saturated carbocycles. The van der Waals surface area contributed by atoms with E-state index in [2.05, 4.69) is 35.8 Å². The van der Waals surface area contributed by atoms with E-state index < -0.39 is 23.9 Å². The minimum absolute atomic E-state index is 0.120. The highest BCUT2D eigenvalue weighted by atomic mass is 35.5. The average molecular weight is 756 g/mol. The molecule has 2 aromatic carbocycles. The largest absolute Gasteiger partial charge is 0.458 e. The molecule has 268 valence electrons. The average Bonchev–Trinajstić information content (AvgIpc) is 3.09. The van der Waals surface area contributed by atoms with E-state index in [1.807, 2.05) is 59.6 Å². The zero-order valence-electron chi connectivity index (χ0n) is 26.1. The summed E-state index contributed by atoms with van der Waals surface area (Å²) in [4.78, 5) is 49.7. The Morgan fingerprint density at radius 2 is 1.45 bits per heavy atom. The molecule has 6 rings (SSSR count). The Hall–Kier alpha value is -5.16. The number of hydrogen-bond donors (Lipinski definition) is 3. The maximum absolute atomic E-state index is 13.3. The van der Waals surface area contributed by atoms with Crippen LogP contribution in [0.25, 0.3) is 0 Å². The summed E-state index contributed by atoms with van der Waals surface area (Å²) in [5, 5.41) is 10.7. The molecule has 4 heterocycles. The van der Waals surface area contributed by atoms with Crippen molar-refractivity contribution >= 4 is 75.3 Å². The lowest BCUT2D eigenvalue weighted by molar-refractivity contribution is -0.193. The quantitative estimate of drug-likeness (QED) is 0.145. The molecule has 51 heavy (non-hydrogen) atoms. The lowest BCUT2D eigenvalue weighted by Crippen LogP contribution is -2.50. The first kappa shape index (κ1) is 37.1. The molecule has 0 aliphatic carbocycles. The van der Waals surface area contributed by atoms with Gasteiger partial charge in [-0.15, -0.1) is 0 Å². The predicted molar refractivity (Wildman–Crippen MR) is 178 cm³/mol. The molecular formula is C32H26Cl2F6N8O3. The van der Waals surface area contributed by atoms with Crippen molar-refractivity contribution in [3.63, 3.8) is 0 Å². The van der Waals surface area contributed by atoms with E-state index >= 15 is 0 Å². The van der Waals surface area contributed by atoms with Gasteiger partial charge < -0.3 is 25.8 Å². The first-order valence-electron chi connectivity index (χ1n) is 15.0. The van der Waals surface area contributed by atoms with Crippen LogP contribution in [0.5, 0.6) is 0 Å². The lowest BCUT2D eigenvalue weighted by atomic mass is 10.0. The van der Waals surface area contributed by atoms with Gasteiger partial charge in [0.05, 0.1) is 28.8 Å². The van der Waals surface area contributed by atoms with Crippen LogP contribution in [0, 0.1) is 0 Å². The topological polar surface area (TPSA) is 132 Å². The fourth-order valence-corrected chi connectivity index (χ4v) is 5.46. The Kier molecular flexibility index (Phi) is 11.2. The summed E-state index contributed by atoms with van der Waals surface area (Å²) in [6.07, 6.45) is -4.97. The highest BCUT2D eigenvalue weighted by Crippen LogP contribution is 2.30. The Morgan fingerprint density at radius 1 is 0.765 bits per heavy atom. The Morgan fingerprint density at radius 3 is 2.12 bits per heavy atom. The van der Waals surface area contributed by atoms with Crippen LogP contribution < -0.4 is 20.9 Å². The number of rotatable bonds is 3. The van der Waals surface area contributed by atoms with Gasteiger partial charge in [-0.1, -0.05) is 35.3 Å². The van der Waals surface area contributed by atoms with Crippen LogP contribution in [0.4, 0.5) is 65.7 Å². The van der Waals surface area contributed by atoms with E-state index in [9.17, 15) is 40.7 Å². The summed E-state index contributed by atoms with van der Waals surface area (Å²) in [5.74, 6) is -5.92. The number of hydrogen-bond acceptors (Lipinski definition) is 9. The minimum atomic E-state index is -5.77. The number of anilines is 6. The molecule has 3 N–H and O–H groups in total. The second-order valence-corrected chi connectivity index (χ2v) is 11.9. The van der Waals surface area contributed by atoms with Gasteiger partial charge in [0.25, 0.3) is 0 Å². The summed E-state index contributed by atoms with van der Waals surface area (Å²) in [7, 11) is 0. The van der Waals surface area contributed by atoms with Crippen LogP contribution in [0.15, 0.2) is 67.1 Å². The maximum Gasteiger partial charge on any atom is 0.458 e. The number of aromatic nitrogens is 3. The number of amides is 2. The molecule has 0 unspecified atom stereocenters. The van der Waals surface area contributed by atoms with Crippen molar-refractivity contribution in [2.75, 3.05) is 47.0 Å². The van der Waals surface area contributed by atoms with Gasteiger partial charge in [-0.2, -0.15) is 31.3 Å². The predicted octanol–water partition coefficient (Wildman–Crippen LogP) is 7.37. The van der Waals surface area contributed by atoms with Crippen molar-refractivity contribution in [3.8, 4) is 0 Å². The molecule has 0 atom stereocenters. The molecule has 4 aromatic rings. The summed E-state index contributed by atoms with van der Waals surface area (Å²) in [6, 6.07) is 15.5. The molecule has 2 aliphatic heterocycles. The van der Waals surface area contributed by atoms with Crippen LogP contribution >= 0.6 is 23.2 Å². The van der Waals surface area contributed by atoms with Crippen molar-refractivity contribution in [1.29, 1.82) is 0 Å². The van der Waals surface area contributed by atoms with Gasteiger partial charge in [0.2, 0.25) is 5.95 Å². The monoisotopic (exact) mass is 754 g/mol. The number of nitrogens with one attached hydrogen (secondary N) is 3. The van der Waals surface area contributed by atoms with E-state index in [0.29, 0.717) is 49.4 Å². The SMILES string of the molecule is O=C(C(=O)C(F)(F)F)C(F)(F)F.O=C(Nc1ccc2cc1CCc1cncc(c1)Nc1ncc(Cl)c(n1)N2)N1CCN(c2ccccc2Cl)CC1. The van der Waals surface area contributed by atoms with Crippen LogP contribution in [0.3, 0.4) is 0 Å². The number of ketones is 2. The number of nitrogens with zero attached hydrogens (tertiary/aromatic N) is 5. The minimum Gasteiger partial charge on any atom is -0.367 e. The number of halogens is 8. The van der Waals surface area contributed by atoms with Gasteiger partial charge in [0, 0.05) is 43.8 Å².